The third-order valence-corrected chi connectivity index (χ3v) is 6.95. The summed E-state index contributed by atoms with van der Waals surface area (Å²) in [5.41, 5.74) is 1.000. The highest BCUT2D eigenvalue weighted by Gasteiger charge is 2.28. The van der Waals surface area contributed by atoms with Crippen LogP contribution in [-0.4, -0.2) is 33.9 Å². The quantitative estimate of drug-likeness (QED) is 0.512. The highest BCUT2D eigenvalue weighted by atomic mass is 32.2. The van der Waals surface area contributed by atoms with Crippen molar-refractivity contribution in [2.75, 3.05) is 12.3 Å². The average molecular weight is 448 g/mol. The van der Waals surface area contributed by atoms with Crippen molar-refractivity contribution in [1.82, 2.24) is 14.9 Å². The van der Waals surface area contributed by atoms with Gasteiger partial charge in [0.1, 0.15) is 11.4 Å². The van der Waals surface area contributed by atoms with Gasteiger partial charge < -0.3 is 5.32 Å². The number of hydrogen-bond donors (Lipinski definition) is 1. The normalized spacial score (nSPS) is 14.4. The number of fused-ring (bicyclic) bond motifs is 3. The molecule has 0 bridgehead atoms. The van der Waals surface area contributed by atoms with Crippen molar-refractivity contribution in [3.8, 4) is 0 Å². The van der Waals surface area contributed by atoms with E-state index in [1.54, 1.807) is 4.57 Å². The summed E-state index contributed by atoms with van der Waals surface area (Å²) in [7, 11) is 0. The fraction of sp³-hybridized carbons (Fsp3) is 0.632. The molecule has 3 rings (SSSR count). The van der Waals surface area contributed by atoms with E-state index in [0.717, 1.165) is 49.4 Å². The molecule has 1 N–H and O–H groups in total. The Kier molecular flexibility index (Phi) is 6.93. The van der Waals surface area contributed by atoms with Crippen LogP contribution in [0.4, 0.5) is 13.2 Å². The van der Waals surface area contributed by atoms with Crippen LogP contribution in [-0.2, 0) is 24.2 Å². The van der Waals surface area contributed by atoms with Gasteiger partial charge in [0.2, 0.25) is 5.91 Å². The molecule has 10 heteroatoms. The molecule has 2 aromatic heterocycles. The van der Waals surface area contributed by atoms with Gasteiger partial charge >= 0.3 is 6.18 Å². The lowest BCUT2D eigenvalue weighted by molar-refractivity contribution is -0.136. The average Bonchev–Trinajstić information content (AvgIpc) is 3.01. The maximum atomic E-state index is 13.3. The number of alkyl halides is 3. The lowest BCUT2D eigenvalue weighted by Gasteiger charge is -2.14. The van der Waals surface area contributed by atoms with Gasteiger partial charge in [-0.1, -0.05) is 25.6 Å². The molecule has 2 heterocycles. The standard InChI is InChI=1S/C19H24F3N3O2S2/c1-11(2)7-8-25-17(27)15-12-5-3-4-6-13(12)29-16(15)24-18(25)28-9-14(26)23-10-19(20,21)22/h11H,3-10H2,1-2H3,(H,23,26). The Hall–Kier alpha value is -1.55. The summed E-state index contributed by atoms with van der Waals surface area (Å²) in [6, 6.07) is 0. The van der Waals surface area contributed by atoms with Crippen LogP contribution in [0.2, 0.25) is 0 Å². The molecule has 1 amide bonds. The first kappa shape index (κ1) is 22.1. The van der Waals surface area contributed by atoms with Gasteiger partial charge in [0.05, 0.1) is 11.1 Å². The number of aryl methyl sites for hydroxylation is 2. The van der Waals surface area contributed by atoms with E-state index >= 15 is 0 Å². The van der Waals surface area contributed by atoms with Crippen LogP contribution < -0.4 is 10.9 Å². The van der Waals surface area contributed by atoms with Gasteiger partial charge in [-0.25, -0.2) is 4.98 Å². The highest BCUT2D eigenvalue weighted by molar-refractivity contribution is 7.99. The second kappa shape index (κ2) is 9.07. The van der Waals surface area contributed by atoms with Crippen LogP contribution in [0.25, 0.3) is 10.2 Å². The first-order valence-corrected chi connectivity index (χ1v) is 11.5. The first-order chi connectivity index (χ1) is 13.7. The summed E-state index contributed by atoms with van der Waals surface area (Å²) in [5, 5.41) is 2.93. The summed E-state index contributed by atoms with van der Waals surface area (Å²) < 4.78 is 38.4. The lowest BCUT2D eigenvalue weighted by Crippen LogP contribution is -2.35. The van der Waals surface area contributed by atoms with Gasteiger partial charge in [-0.05, 0) is 43.6 Å². The minimum atomic E-state index is -4.45. The Morgan fingerprint density at radius 2 is 2.03 bits per heavy atom. The number of carbonyl (C=O) groups excluding carboxylic acids is 1. The molecule has 0 atom stereocenters. The van der Waals surface area contributed by atoms with Crippen LogP contribution in [0, 0.1) is 5.92 Å². The molecule has 0 spiro atoms. The van der Waals surface area contributed by atoms with Crippen molar-refractivity contribution in [3.05, 3.63) is 20.8 Å². The number of thiophene rings is 1. The van der Waals surface area contributed by atoms with E-state index in [0.29, 0.717) is 27.8 Å². The molecule has 0 radical (unpaired) electrons. The number of rotatable bonds is 7. The van der Waals surface area contributed by atoms with Gasteiger partial charge in [-0.2, -0.15) is 13.2 Å². The minimum absolute atomic E-state index is 0.103. The molecule has 0 saturated carbocycles. The van der Waals surface area contributed by atoms with Crippen LogP contribution in [0.3, 0.4) is 0 Å². The van der Waals surface area contributed by atoms with Crippen molar-refractivity contribution >= 4 is 39.2 Å². The fourth-order valence-electron chi connectivity index (χ4n) is 3.29. The Labute approximate surface area is 175 Å². The molecular weight excluding hydrogens is 423 g/mol. The smallest absolute Gasteiger partial charge is 0.346 e. The zero-order valence-electron chi connectivity index (χ0n) is 16.4. The van der Waals surface area contributed by atoms with E-state index in [1.807, 2.05) is 5.32 Å². The van der Waals surface area contributed by atoms with Gasteiger partial charge in [-0.15, -0.1) is 11.3 Å². The zero-order valence-corrected chi connectivity index (χ0v) is 18.0. The number of aromatic nitrogens is 2. The number of nitrogens with zero attached hydrogens (tertiary/aromatic N) is 2. The topological polar surface area (TPSA) is 64.0 Å². The van der Waals surface area contributed by atoms with Crippen molar-refractivity contribution in [2.24, 2.45) is 5.92 Å². The maximum absolute atomic E-state index is 13.3. The number of halogens is 3. The number of amides is 1. The number of hydrogen-bond acceptors (Lipinski definition) is 5. The number of nitrogens with one attached hydrogen (secondary N) is 1. The summed E-state index contributed by atoms with van der Waals surface area (Å²) in [5.74, 6) is -0.578. The third kappa shape index (κ3) is 5.53. The zero-order chi connectivity index (χ0) is 21.2. The van der Waals surface area contributed by atoms with E-state index in [-0.39, 0.29) is 11.3 Å². The predicted octanol–water partition coefficient (Wildman–Crippen LogP) is 4.15. The molecule has 0 saturated heterocycles. The molecule has 2 aromatic rings. The van der Waals surface area contributed by atoms with Crippen molar-refractivity contribution < 1.29 is 18.0 Å². The van der Waals surface area contributed by atoms with Gasteiger partial charge in [-0.3, -0.25) is 14.2 Å². The largest absolute Gasteiger partial charge is 0.405 e. The summed E-state index contributed by atoms with van der Waals surface area (Å²) >= 11 is 2.53. The second-order valence-corrected chi connectivity index (χ2v) is 9.63. The van der Waals surface area contributed by atoms with Crippen molar-refractivity contribution in [2.45, 2.75) is 63.8 Å². The van der Waals surface area contributed by atoms with Crippen LogP contribution in [0.1, 0.15) is 43.6 Å². The molecule has 0 unspecified atom stereocenters. The summed E-state index contributed by atoms with van der Waals surface area (Å²) in [6.45, 7) is 3.22. The third-order valence-electron chi connectivity index (χ3n) is 4.79. The molecule has 5 nitrogen and oxygen atoms in total. The molecule has 0 aromatic carbocycles. The molecule has 0 fully saturated rings. The van der Waals surface area contributed by atoms with Crippen molar-refractivity contribution in [1.29, 1.82) is 0 Å². The van der Waals surface area contributed by atoms with Gasteiger partial charge in [0, 0.05) is 11.4 Å². The van der Waals surface area contributed by atoms with Crippen LogP contribution >= 0.6 is 23.1 Å². The molecular formula is C19H24F3N3O2S2. The maximum Gasteiger partial charge on any atom is 0.405 e. The molecule has 160 valence electrons. The van der Waals surface area contributed by atoms with Crippen LogP contribution in [0.15, 0.2) is 9.95 Å². The molecule has 0 aliphatic heterocycles. The Morgan fingerprint density at radius 3 is 2.72 bits per heavy atom. The van der Waals surface area contributed by atoms with E-state index in [2.05, 4.69) is 18.8 Å². The Morgan fingerprint density at radius 1 is 1.31 bits per heavy atom. The number of thioether (sulfide) groups is 1. The lowest BCUT2D eigenvalue weighted by atomic mass is 9.97. The highest BCUT2D eigenvalue weighted by Crippen LogP contribution is 2.34. The Balaban J connectivity index is 1.89. The fourth-order valence-corrected chi connectivity index (χ4v) is 5.45. The number of carbonyl (C=O) groups is 1. The summed E-state index contributed by atoms with van der Waals surface area (Å²) in [4.78, 5) is 31.6. The van der Waals surface area contributed by atoms with E-state index in [1.165, 1.54) is 16.2 Å². The van der Waals surface area contributed by atoms with Crippen molar-refractivity contribution in [3.63, 3.8) is 0 Å². The van der Waals surface area contributed by atoms with E-state index in [9.17, 15) is 22.8 Å². The minimum Gasteiger partial charge on any atom is -0.346 e. The molecule has 29 heavy (non-hydrogen) atoms. The summed E-state index contributed by atoms with van der Waals surface area (Å²) in [6.07, 6.45) is 0.301. The van der Waals surface area contributed by atoms with Gasteiger partial charge in [0.15, 0.2) is 5.16 Å². The molecule has 1 aliphatic carbocycles. The predicted molar refractivity (Wildman–Crippen MR) is 110 cm³/mol. The molecule has 1 aliphatic rings. The SMILES string of the molecule is CC(C)CCn1c(SCC(=O)NCC(F)(F)F)nc2sc3c(c2c1=O)CCCC3. The van der Waals surface area contributed by atoms with Crippen LogP contribution in [0.5, 0.6) is 0 Å². The monoisotopic (exact) mass is 447 g/mol. The van der Waals surface area contributed by atoms with E-state index in [4.69, 9.17) is 0 Å². The Bertz CT molecular complexity index is 951. The van der Waals surface area contributed by atoms with Gasteiger partial charge in [0.25, 0.3) is 5.56 Å². The second-order valence-electron chi connectivity index (χ2n) is 7.61. The van der Waals surface area contributed by atoms with E-state index < -0.39 is 18.6 Å². The first-order valence-electron chi connectivity index (χ1n) is 9.67.